The van der Waals surface area contributed by atoms with Crippen LogP contribution in [-0.2, 0) is 9.22 Å². The molecule has 2 saturated carbocycles. The molecule has 4 rings (SSSR count). The first-order chi connectivity index (χ1) is 13.1. The van der Waals surface area contributed by atoms with Gasteiger partial charge in [0.25, 0.3) is 0 Å². The van der Waals surface area contributed by atoms with Gasteiger partial charge in [0, 0.05) is 5.92 Å². The molecule has 2 fully saturated rings. The van der Waals surface area contributed by atoms with Crippen molar-refractivity contribution in [3.8, 4) is 0 Å². The van der Waals surface area contributed by atoms with Crippen molar-refractivity contribution in [1.29, 1.82) is 0 Å². The number of Topliss-reactive ketones (excluding diaryl/α,β-unsaturated/α-hetero) is 1. The lowest BCUT2D eigenvalue weighted by atomic mass is 9.64. The Hall–Kier alpha value is -0.673. The van der Waals surface area contributed by atoms with Gasteiger partial charge in [0.2, 0.25) is 0 Å². The molecule has 0 unspecified atom stereocenters. The zero-order chi connectivity index (χ0) is 20.5. The lowest BCUT2D eigenvalue weighted by Crippen LogP contribution is -2.41. The van der Waals surface area contributed by atoms with Crippen LogP contribution in [-0.4, -0.2) is 20.2 Å². The third kappa shape index (κ3) is 2.71. The van der Waals surface area contributed by atoms with Gasteiger partial charge in [-0.15, -0.1) is 0 Å². The fourth-order valence-corrected chi connectivity index (χ4v) is 10.2. The predicted octanol–water partition coefficient (Wildman–Crippen LogP) is 6.54. The van der Waals surface area contributed by atoms with Gasteiger partial charge in [-0.05, 0) is 73.1 Å². The van der Waals surface area contributed by atoms with E-state index in [2.05, 4.69) is 60.6 Å². The highest BCUT2D eigenvalue weighted by Gasteiger charge is 2.68. The van der Waals surface area contributed by atoms with Crippen LogP contribution in [0.15, 0.2) is 23.3 Å². The van der Waals surface area contributed by atoms with Crippen LogP contribution in [0.25, 0.3) is 0 Å². The molecular weight excluding hydrogens is 360 g/mol. The molecule has 1 spiro atoms. The standard InChI is InChI=1S/C25H40O2Si/c1-8-28(9-2,10-3)27-19-13-18-11-16(4)15-25(18)17(5)12-21-22(24(21,6)7)20(14-19)23(25)26/h11,13,17,19-22H,8-10,12,14-15H2,1-7H3/t17-,19-,20+,21-,22+,25-/m1/s1. The van der Waals surface area contributed by atoms with Crippen molar-refractivity contribution in [3.63, 3.8) is 0 Å². The van der Waals surface area contributed by atoms with E-state index in [1.807, 2.05) is 0 Å². The monoisotopic (exact) mass is 400 g/mol. The minimum absolute atomic E-state index is 0.127. The first-order valence-corrected chi connectivity index (χ1v) is 14.3. The number of carbonyl (C=O) groups is 1. The second-order valence-electron chi connectivity index (χ2n) is 11.0. The number of hydrogen-bond acceptors (Lipinski definition) is 2. The Morgan fingerprint density at radius 3 is 2.39 bits per heavy atom. The van der Waals surface area contributed by atoms with Crippen LogP contribution in [0.1, 0.15) is 67.7 Å². The first kappa shape index (κ1) is 20.6. The number of fused-ring (bicyclic) bond motifs is 3. The highest BCUT2D eigenvalue weighted by Crippen LogP contribution is 2.71. The Bertz CT molecular complexity index is 721. The van der Waals surface area contributed by atoms with Crippen molar-refractivity contribution < 1.29 is 9.22 Å². The smallest absolute Gasteiger partial charge is 0.192 e. The van der Waals surface area contributed by atoms with Crippen molar-refractivity contribution in [2.24, 2.45) is 34.5 Å². The van der Waals surface area contributed by atoms with Crippen LogP contribution in [0.2, 0.25) is 18.1 Å². The van der Waals surface area contributed by atoms with Gasteiger partial charge in [-0.1, -0.05) is 59.3 Å². The minimum Gasteiger partial charge on any atom is -0.411 e. The number of ketones is 1. The third-order valence-electron chi connectivity index (χ3n) is 9.46. The summed E-state index contributed by atoms with van der Waals surface area (Å²) in [7, 11) is -1.71. The van der Waals surface area contributed by atoms with Gasteiger partial charge in [0.05, 0.1) is 11.5 Å². The molecule has 156 valence electrons. The highest BCUT2D eigenvalue weighted by molar-refractivity contribution is 6.73. The van der Waals surface area contributed by atoms with Crippen LogP contribution in [0.5, 0.6) is 0 Å². The van der Waals surface area contributed by atoms with Crippen molar-refractivity contribution in [2.75, 3.05) is 0 Å². The number of allylic oxidation sites excluding steroid dienone is 3. The molecule has 0 radical (unpaired) electrons. The Morgan fingerprint density at radius 1 is 1.14 bits per heavy atom. The topological polar surface area (TPSA) is 26.3 Å². The van der Waals surface area contributed by atoms with Crippen molar-refractivity contribution in [1.82, 2.24) is 0 Å². The van der Waals surface area contributed by atoms with Gasteiger partial charge in [-0.2, -0.15) is 0 Å². The Balaban J connectivity index is 1.78. The highest BCUT2D eigenvalue weighted by atomic mass is 28.4. The average Bonchev–Trinajstić information content (AvgIpc) is 3.07. The summed E-state index contributed by atoms with van der Waals surface area (Å²) in [6, 6.07) is 3.52. The molecule has 3 heteroatoms. The Kier molecular flexibility index (Phi) is 4.90. The lowest BCUT2D eigenvalue weighted by molar-refractivity contribution is -0.133. The fraction of sp³-hybridized carbons (Fsp3) is 0.800. The van der Waals surface area contributed by atoms with E-state index < -0.39 is 8.32 Å². The zero-order valence-electron chi connectivity index (χ0n) is 19.1. The lowest BCUT2D eigenvalue weighted by Gasteiger charge is -2.37. The molecule has 0 aromatic rings. The second kappa shape index (κ2) is 6.67. The fourth-order valence-electron chi connectivity index (χ4n) is 7.40. The van der Waals surface area contributed by atoms with E-state index in [9.17, 15) is 4.79 Å². The molecule has 4 aliphatic rings. The van der Waals surface area contributed by atoms with Gasteiger partial charge in [0.1, 0.15) is 5.78 Å². The van der Waals surface area contributed by atoms with Crippen LogP contribution < -0.4 is 0 Å². The van der Waals surface area contributed by atoms with Crippen molar-refractivity contribution in [2.45, 2.75) is 92.0 Å². The Labute approximate surface area is 173 Å². The minimum atomic E-state index is -1.71. The number of rotatable bonds is 5. The molecule has 4 aliphatic carbocycles. The maximum absolute atomic E-state index is 14.1. The van der Waals surface area contributed by atoms with Gasteiger partial charge in [-0.25, -0.2) is 0 Å². The molecule has 2 nitrogen and oxygen atoms in total. The summed E-state index contributed by atoms with van der Waals surface area (Å²) in [5.41, 5.74) is 2.75. The first-order valence-electron chi connectivity index (χ1n) is 11.8. The van der Waals surface area contributed by atoms with Crippen LogP contribution in [0.4, 0.5) is 0 Å². The summed E-state index contributed by atoms with van der Waals surface area (Å²) in [6.07, 6.45) is 7.94. The average molecular weight is 401 g/mol. The van der Waals surface area contributed by atoms with Gasteiger partial charge < -0.3 is 4.43 Å². The quantitative estimate of drug-likeness (QED) is 0.490. The van der Waals surface area contributed by atoms with Gasteiger partial charge >= 0.3 is 0 Å². The second-order valence-corrected chi connectivity index (χ2v) is 15.7. The van der Waals surface area contributed by atoms with E-state index in [1.54, 1.807) is 0 Å². The maximum Gasteiger partial charge on any atom is 0.192 e. The molecule has 0 heterocycles. The van der Waals surface area contributed by atoms with Crippen LogP contribution in [0, 0.1) is 34.5 Å². The third-order valence-corrected chi connectivity index (χ3v) is 14.1. The van der Waals surface area contributed by atoms with E-state index in [-0.39, 0.29) is 17.4 Å². The van der Waals surface area contributed by atoms with E-state index in [1.165, 1.54) is 35.7 Å². The Morgan fingerprint density at radius 2 is 1.79 bits per heavy atom. The van der Waals surface area contributed by atoms with Crippen LogP contribution >= 0.6 is 0 Å². The van der Waals surface area contributed by atoms with Crippen LogP contribution in [0.3, 0.4) is 0 Å². The summed E-state index contributed by atoms with van der Waals surface area (Å²) < 4.78 is 7.00. The predicted molar refractivity (Wildman–Crippen MR) is 119 cm³/mol. The molecule has 0 N–H and O–H groups in total. The van der Waals surface area contributed by atoms with Crippen molar-refractivity contribution >= 4 is 14.1 Å². The molecular formula is C25H40O2Si. The summed E-state index contributed by atoms with van der Waals surface area (Å²) in [4.78, 5) is 14.1. The van der Waals surface area contributed by atoms with E-state index >= 15 is 0 Å². The SMILES string of the molecule is CC[Si](CC)(CC)O[C@@H]1C=C2C=C(C)C[C@]23C(=O)[C@@H](C1)[C@H]1[C@@H](C[C@H]3C)C1(C)C. The van der Waals surface area contributed by atoms with Gasteiger partial charge in [-0.3, -0.25) is 4.79 Å². The molecule has 0 amide bonds. The maximum atomic E-state index is 14.1. The molecule has 0 aromatic carbocycles. The van der Waals surface area contributed by atoms with E-state index in [0.717, 1.165) is 12.8 Å². The van der Waals surface area contributed by atoms with E-state index in [0.29, 0.717) is 29.0 Å². The summed E-state index contributed by atoms with van der Waals surface area (Å²) in [5, 5.41) is 0. The summed E-state index contributed by atoms with van der Waals surface area (Å²) in [5.74, 6) is 2.44. The molecule has 6 atom stereocenters. The molecule has 2 bridgehead atoms. The summed E-state index contributed by atoms with van der Waals surface area (Å²) in [6.45, 7) is 16.3. The van der Waals surface area contributed by atoms with E-state index in [4.69, 9.17) is 4.43 Å². The summed E-state index contributed by atoms with van der Waals surface area (Å²) >= 11 is 0. The van der Waals surface area contributed by atoms with Crippen molar-refractivity contribution in [3.05, 3.63) is 23.3 Å². The molecule has 0 aliphatic heterocycles. The molecule has 0 aromatic heterocycles. The van der Waals surface area contributed by atoms with Gasteiger partial charge in [0.15, 0.2) is 8.32 Å². The number of hydrogen-bond donors (Lipinski definition) is 0. The number of carbonyl (C=O) groups excluding carboxylic acids is 1. The molecule has 28 heavy (non-hydrogen) atoms. The molecule has 0 saturated heterocycles. The largest absolute Gasteiger partial charge is 0.411 e. The normalized spacial score (nSPS) is 41.4. The zero-order valence-corrected chi connectivity index (χ0v) is 20.1.